The van der Waals surface area contributed by atoms with E-state index in [1.807, 2.05) is 53.7 Å². The maximum atomic E-state index is 11.9. The molecule has 0 fully saturated rings. The lowest BCUT2D eigenvalue weighted by Gasteiger charge is -2.31. The lowest BCUT2D eigenvalue weighted by atomic mass is 9.75. The third-order valence-corrected chi connectivity index (χ3v) is 5.73. The third-order valence-electron chi connectivity index (χ3n) is 5.00. The Kier molecular flexibility index (Phi) is 7.15. The van der Waals surface area contributed by atoms with Crippen LogP contribution in [0.1, 0.15) is 76.1 Å². The number of carbonyl (C=O) groups is 1. The van der Waals surface area contributed by atoms with Gasteiger partial charge in [-0.25, -0.2) is 0 Å². The van der Waals surface area contributed by atoms with E-state index in [0.29, 0.717) is 16.1 Å². The van der Waals surface area contributed by atoms with E-state index >= 15 is 0 Å². The predicted molar refractivity (Wildman–Crippen MR) is 123 cm³/mol. The van der Waals surface area contributed by atoms with Crippen molar-refractivity contribution < 1.29 is 21.9 Å². The number of carbonyl (C=O) groups excluding carboxylic acids is 1. The number of amides is 1. The number of halogens is 1. The van der Waals surface area contributed by atoms with Gasteiger partial charge in [-0.1, -0.05) is 83.5 Å². The molecule has 2 aromatic carbocycles. The van der Waals surface area contributed by atoms with Gasteiger partial charge in [0.05, 0.1) is 0 Å². The van der Waals surface area contributed by atoms with Crippen molar-refractivity contribution >= 4 is 27.9 Å². The highest BCUT2D eigenvalue weighted by Crippen LogP contribution is 2.44. The lowest BCUT2D eigenvalue weighted by molar-refractivity contribution is -0.118. The molecule has 0 bridgehead atoms. The fourth-order valence-corrected chi connectivity index (χ4v) is 4.19. The quantitative estimate of drug-likeness (QED) is 0.573. The van der Waals surface area contributed by atoms with Gasteiger partial charge in [-0.05, 0) is 28.0 Å². The summed E-state index contributed by atoms with van der Waals surface area (Å²) in [5.41, 5.74) is 7.14. The minimum atomic E-state index is -4.75. The lowest BCUT2D eigenvalue weighted by Crippen LogP contribution is -2.23. The minimum absolute atomic E-state index is 0.0232. The van der Waals surface area contributed by atoms with Gasteiger partial charge in [0, 0.05) is 28.5 Å². The number of nitrogens with two attached hydrogens (primary N) is 1. The first-order valence-corrected chi connectivity index (χ1v) is 11.6. The molecule has 0 heterocycles. The molecular formula is C23H30ClNO5S. The Labute approximate surface area is 189 Å². The Morgan fingerprint density at radius 3 is 1.94 bits per heavy atom. The zero-order chi connectivity index (χ0) is 23.8. The largest absolute Gasteiger partial charge is 0.446 e. The molecule has 31 heavy (non-hydrogen) atoms. The normalized spacial score (nSPS) is 13.7. The number of primary amides is 1. The van der Waals surface area contributed by atoms with Crippen molar-refractivity contribution in [1.29, 1.82) is 0 Å². The van der Waals surface area contributed by atoms with Crippen LogP contribution in [0.25, 0.3) is 0 Å². The molecule has 2 rings (SSSR count). The van der Waals surface area contributed by atoms with Gasteiger partial charge in [-0.3, -0.25) is 9.35 Å². The summed E-state index contributed by atoms with van der Waals surface area (Å²) in [6, 6.07) is 10.8. The molecule has 0 aliphatic heterocycles. The Balaban J connectivity index is 2.92. The Morgan fingerprint density at radius 1 is 1.06 bits per heavy atom. The molecule has 6 nitrogen and oxygen atoms in total. The highest BCUT2D eigenvalue weighted by Gasteiger charge is 2.32. The van der Waals surface area contributed by atoms with Crippen molar-refractivity contribution in [3.05, 3.63) is 63.7 Å². The van der Waals surface area contributed by atoms with Crippen molar-refractivity contribution in [3.63, 3.8) is 0 Å². The average molecular weight is 468 g/mol. The standard InChI is InChI=1S/C23H30ClNO5S/c1-22(2,3)17-11-14(12-18(23(4,5)6)21(17)30-31(27,28)29)16(13-20(25)26)15-9-7-8-10-19(15)24/h7-12,16H,13H2,1-6H3,(H2,25,26)(H,27,28,29). The molecule has 1 amide bonds. The SMILES string of the molecule is CC(C)(C)c1cc(C(CC(N)=O)c2ccccc2Cl)cc(C(C)(C)C)c1OS(=O)(=O)O. The predicted octanol–water partition coefficient (Wildman–Crippen LogP) is 5.12. The molecular weight excluding hydrogens is 438 g/mol. The van der Waals surface area contributed by atoms with Crippen LogP contribution in [-0.2, 0) is 26.0 Å². The minimum Gasteiger partial charge on any atom is -0.370 e. The van der Waals surface area contributed by atoms with Gasteiger partial charge in [0.2, 0.25) is 5.91 Å². The second kappa shape index (κ2) is 8.81. The van der Waals surface area contributed by atoms with E-state index in [1.54, 1.807) is 24.3 Å². The molecule has 2 aromatic rings. The zero-order valence-corrected chi connectivity index (χ0v) is 20.3. The average Bonchev–Trinajstić information content (AvgIpc) is 2.57. The van der Waals surface area contributed by atoms with Crippen LogP contribution in [0, 0.1) is 0 Å². The molecule has 0 saturated carbocycles. The van der Waals surface area contributed by atoms with Crippen molar-refractivity contribution in [3.8, 4) is 5.75 Å². The number of hydrogen-bond donors (Lipinski definition) is 2. The van der Waals surface area contributed by atoms with Crippen molar-refractivity contribution in [2.75, 3.05) is 0 Å². The molecule has 0 spiro atoms. The molecule has 3 N–H and O–H groups in total. The summed E-state index contributed by atoms with van der Waals surface area (Å²) in [6.45, 7) is 11.5. The summed E-state index contributed by atoms with van der Waals surface area (Å²) in [4.78, 5) is 11.9. The van der Waals surface area contributed by atoms with Crippen LogP contribution in [0.4, 0.5) is 0 Å². The van der Waals surface area contributed by atoms with E-state index in [9.17, 15) is 17.8 Å². The van der Waals surface area contributed by atoms with Gasteiger partial charge >= 0.3 is 10.4 Å². The summed E-state index contributed by atoms with van der Waals surface area (Å²) in [7, 11) is -4.75. The summed E-state index contributed by atoms with van der Waals surface area (Å²) in [5, 5.41) is 0.502. The zero-order valence-electron chi connectivity index (χ0n) is 18.7. The monoisotopic (exact) mass is 467 g/mol. The highest BCUT2D eigenvalue weighted by molar-refractivity contribution is 7.81. The summed E-state index contributed by atoms with van der Waals surface area (Å²) in [6.07, 6.45) is 0.0232. The smallest absolute Gasteiger partial charge is 0.370 e. The molecule has 0 radical (unpaired) electrons. The molecule has 0 aliphatic rings. The maximum absolute atomic E-state index is 11.9. The Hall–Kier alpha value is -2.09. The van der Waals surface area contributed by atoms with Crippen LogP contribution in [0.3, 0.4) is 0 Å². The van der Waals surface area contributed by atoms with Gasteiger partial charge < -0.3 is 9.92 Å². The third kappa shape index (κ3) is 6.45. The molecule has 0 aromatic heterocycles. The first-order valence-electron chi connectivity index (χ1n) is 9.89. The molecule has 0 saturated heterocycles. The van der Waals surface area contributed by atoms with E-state index in [1.165, 1.54) is 0 Å². The fraction of sp³-hybridized carbons (Fsp3) is 0.435. The topological polar surface area (TPSA) is 107 Å². The fourth-order valence-electron chi connectivity index (χ4n) is 3.53. The first kappa shape index (κ1) is 25.2. The van der Waals surface area contributed by atoms with Crippen LogP contribution in [-0.4, -0.2) is 18.9 Å². The van der Waals surface area contributed by atoms with Crippen LogP contribution in [0.2, 0.25) is 5.02 Å². The molecule has 1 unspecified atom stereocenters. The van der Waals surface area contributed by atoms with Gasteiger partial charge in [-0.15, -0.1) is 0 Å². The summed E-state index contributed by atoms with van der Waals surface area (Å²) < 4.78 is 37.8. The van der Waals surface area contributed by atoms with Gasteiger partial charge in [0.1, 0.15) is 0 Å². The molecule has 0 aliphatic carbocycles. The van der Waals surface area contributed by atoms with Gasteiger partial charge in [0.15, 0.2) is 5.75 Å². The number of benzene rings is 2. The summed E-state index contributed by atoms with van der Waals surface area (Å²) in [5.74, 6) is -0.839. The molecule has 1 atom stereocenters. The van der Waals surface area contributed by atoms with Crippen LogP contribution < -0.4 is 9.92 Å². The van der Waals surface area contributed by atoms with Gasteiger partial charge in [-0.2, -0.15) is 8.42 Å². The summed E-state index contributed by atoms with van der Waals surface area (Å²) >= 11 is 6.44. The number of rotatable bonds is 6. The van der Waals surface area contributed by atoms with Crippen LogP contribution in [0.15, 0.2) is 36.4 Å². The highest BCUT2D eigenvalue weighted by atomic mass is 35.5. The Bertz CT molecular complexity index is 1050. The van der Waals surface area contributed by atoms with Crippen LogP contribution >= 0.6 is 11.6 Å². The van der Waals surface area contributed by atoms with E-state index in [-0.39, 0.29) is 12.2 Å². The van der Waals surface area contributed by atoms with E-state index in [4.69, 9.17) is 21.5 Å². The van der Waals surface area contributed by atoms with Crippen molar-refractivity contribution in [2.45, 2.75) is 64.7 Å². The molecule has 170 valence electrons. The van der Waals surface area contributed by atoms with E-state index < -0.39 is 33.1 Å². The van der Waals surface area contributed by atoms with E-state index in [2.05, 4.69) is 0 Å². The van der Waals surface area contributed by atoms with Crippen LogP contribution in [0.5, 0.6) is 5.75 Å². The second-order valence-corrected chi connectivity index (χ2v) is 11.1. The molecule has 8 heteroatoms. The maximum Gasteiger partial charge on any atom is 0.446 e. The first-order chi connectivity index (χ1) is 14.0. The Morgan fingerprint density at radius 2 is 1.55 bits per heavy atom. The van der Waals surface area contributed by atoms with Crippen molar-refractivity contribution in [1.82, 2.24) is 0 Å². The van der Waals surface area contributed by atoms with Crippen molar-refractivity contribution in [2.24, 2.45) is 5.73 Å². The second-order valence-electron chi connectivity index (χ2n) is 9.70. The van der Waals surface area contributed by atoms with Gasteiger partial charge in [0.25, 0.3) is 0 Å². The number of hydrogen-bond acceptors (Lipinski definition) is 4. The van der Waals surface area contributed by atoms with E-state index in [0.717, 1.165) is 11.1 Å².